The van der Waals surface area contributed by atoms with Crippen molar-refractivity contribution in [2.45, 2.75) is 29.1 Å². The Morgan fingerprint density at radius 3 is 2.52 bits per heavy atom. The van der Waals surface area contributed by atoms with Gasteiger partial charge in [0.15, 0.2) is 0 Å². The smallest absolute Gasteiger partial charge is 0.321 e. The molecule has 33 heavy (non-hydrogen) atoms. The van der Waals surface area contributed by atoms with Crippen LogP contribution in [0.25, 0.3) is 12.2 Å². The summed E-state index contributed by atoms with van der Waals surface area (Å²) in [5.74, 6) is -1.45. The van der Waals surface area contributed by atoms with E-state index in [4.69, 9.17) is 4.74 Å². The average molecular weight is 442 g/mol. The Balaban J connectivity index is 1.70. The Kier molecular flexibility index (Phi) is 3.48. The van der Waals surface area contributed by atoms with Gasteiger partial charge in [0.05, 0.1) is 12.7 Å². The summed E-state index contributed by atoms with van der Waals surface area (Å²) in [5.41, 5.74) is -0.447. The topological polar surface area (TPSA) is 107 Å². The molecule has 0 amide bonds. The van der Waals surface area contributed by atoms with Gasteiger partial charge in [-0.1, -0.05) is 60.2 Å². The summed E-state index contributed by atoms with van der Waals surface area (Å²) in [4.78, 5) is 14.0. The predicted octanol–water partition coefficient (Wildman–Crippen LogP) is 1.56. The van der Waals surface area contributed by atoms with Gasteiger partial charge in [-0.2, -0.15) is 0 Å². The summed E-state index contributed by atoms with van der Waals surface area (Å²) in [7, 11) is 0. The molecule has 6 nitrogen and oxygen atoms in total. The zero-order chi connectivity index (χ0) is 22.8. The molecule has 0 saturated heterocycles. The van der Waals surface area contributed by atoms with Crippen molar-refractivity contribution in [3.8, 4) is 0 Å². The highest BCUT2D eigenvalue weighted by Gasteiger charge is 2.76. The molecule has 0 aliphatic heterocycles. The molecule has 0 aromatic heterocycles. The van der Waals surface area contributed by atoms with Gasteiger partial charge in [-0.05, 0) is 45.9 Å². The van der Waals surface area contributed by atoms with Crippen LogP contribution in [0.5, 0.6) is 0 Å². The zero-order valence-electron chi connectivity index (χ0n) is 17.7. The van der Waals surface area contributed by atoms with Crippen molar-refractivity contribution in [3.63, 3.8) is 0 Å². The fourth-order valence-electron chi connectivity index (χ4n) is 7.21. The highest BCUT2D eigenvalue weighted by atomic mass is 16.5. The summed E-state index contributed by atoms with van der Waals surface area (Å²) in [5, 5.41) is 45.6. The molecule has 6 aliphatic carbocycles. The van der Waals surface area contributed by atoms with E-state index in [1.165, 1.54) is 0 Å². The monoisotopic (exact) mass is 442 g/mol. The Bertz CT molecular complexity index is 1360. The predicted molar refractivity (Wildman–Crippen MR) is 120 cm³/mol. The number of esters is 1. The second-order valence-corrected chi connectivity index (χ2v) is 9.53. The molecule has 5 atom stereocenters. The fourth-order valence-corrected chi connectivity index (χ4v) is 7.21. The fraction of sp³-hybridized carbons (Fsp3) is 0.296. The van der Waals surface area contributed by atoms with Gasteiger partial charge < -0.3 is 25.2 Å². The number of allylic oxidation sites excluding steroid dienone is 4. The Morgan fingerprint density at radius 1 is 1.03 bits per heavy atom. The van der Waals surface area contributed by atoms with Crippen LogP contribution in [0.1, 0.15) is 28.7 Å². The van der Waals surface area contributed by atoms with Gasteiger partial charge in [-0.3, -0.25) is 4.79 Å². The molecule has 0 saturated carbocycles. The maximum atomic E-state index is 14.0. The molecule has 6 heteroatoms. The molecule has 0 spiro atoms. The first-order valence-electron chi connectivity index (χ1n) is 11.2. The molecule has 7 rings (SSSR count). The van der Waals surface area contributed by atoms with Crippen molar-refractivity contribution in [3.05, 3.63) is 93.1 Å². The molecule has 0 fully saturated rings. The molecule has 0 heterocycles. The maximum absolute atomic E-state index is 14.0. The van der Waals surface area contributed by atoms with Gasteiger partial charge in [-0.15, -0.1) is 0 Å². The lowest BCUT2D eigenvalue weighted by molar-refractivity contribution is -0.185. The van der Waals surface area contributed by atoms with Crippen LogP contribution >= 0.6 is 0 Å². The summed E-state index contributed by atoms with van der Waals surface area (Å²) >= 11 is 0. The number of ether oxygens (including phenoxy) is 1. The summed E-state index contributed by atoms with van der Waals surface area (Å²) in [6.45, 7) is -0.496. The van der Waals surface area contributed by atoms with E-state index in [0.29, 0.717) is 39.8 Å². The van der Waals surface area contributed by atoms with Gasteiger partial charge in [0.1, 0.15) is 23.2 Å². The van der Waals surface area contributed by atoms with Crippen LogP contribution in [0.4, 0.5) is 0 Å². The van der Waals surface area contributed by atoms with Crippen LogP contribution in [0, 0.1) is 5.92 Å². The molecule has 0 radical (unpaired) electrons. The quantitative estimate of drug-likeness (QED) is 0.418. The van der Waals surface area contributed by atoms with Crippen molar-refractivity contribution >= 4 is 18.1 Å². The minimum absolute atomic E-state index is 0.174. The van der Waals surface area contributed by atoms with Crippen LogP contribution < -0.4 is 0 Å². The van der Waals surface area contributed by atoms with E-state index in [0.717, 1.165) is 11.1 Å². The molecule has 0 bridgehead atoms. The van der Waals surface area contributed by atoms with Gasteiger partial charge in [0.25, 0.3) is 0 Å². The molecule has 1 aromatic rings. The van der Waals surface area contributed by atoms with E-state index in [9.17, 15) is 25.2 Å². The standard InChI is InChI=1S/C27H22O6/c28-11-12-33-24(30)25-17-7-3-14-1-2-15-4-9-18-13-20(29)19-10-6-16(5-8-17)23(25)27(19,32)26(18,31)22(15)21(14)25/h1-5,7-10,13,20,23,28-29,31-32H,6,11-12H2. The highest BCUT2D eigenvalue weighted by molar-refractivity contribution is 5.98. The molecule has 6 aliphatic rings. The van der Waals surface area contributed by atoms with Crippen LogP contribution in [0.3, 0.4) is 0 Å². The van der Waals surface area contributed by atoms with E-state index < -0.39 is 34.6 Å². The van der Waals surface area contributed by atoms with Gasteiger partial charge in [-0.25, -0.2) is 0 Å². The molecular weight excluding hydrogens is 420 g/mol. The van der Waals surface area contributed by atoms with Gasteiger partial charge in [0.2, 0.25) is 0 Å². The largest absolute Gasteiger partial charge is 0.462 e. The number of carbonyl (C=O) groups is 1. The number of benzene rings is 1. The summed E-state index contributed by atoms with van der Waals surface area (Å²) < 4.78 is 5.59. The van der Waals surface area contributed by atoms with Crippen LogP contribution in [0.15, 0.2) is 70.9 Å². The number of hydrogen-bond acceptors (Lipinski definition) is 6. The maximum Gasteiger partial charge on any atom is 0.321 e. The molecule has 5 unspecified atom stereocenters. The Hall–Kier alpha value is -3.03. The lowest BCUT2D eigenvalue weighted by Crippen LogP contribution is -2.73. The first-order chi connectivity index (χ1) is 15.9. The molecule has 1 aromatic carbocycles. The van der Waals surface area contributed by atoms with Crippen LogP contribution in [0.2, 0.25) is 0 Å². The number of aliphatic hydroxyl groups is 4. The summed E-state index contributed by atoms with van der Waals surface area (Å²) in [6, 6.07) is 3.80. The lowest BCUT2D eigenvalue weighted by Gasteiger charge is -2.65. The van der Waals surface area contributed by atoms with Crippen molar-refractivity contribution in [1.29, 1.82) is 0 Å². The molecular formula is C27H22O6. The van der Waals surface area contributed by atoms with Crippen LogP contribution in [-0.4, -0.2) is 51.3 Å². The van der Waals surface area contributed by atoms with Crippen molar-refractivity contribution in [2.24, 2.45) is 5.92 Å². The molecule has 4 N–H and O–H groups in total. The Labute approximate surface area is 189 Å². The normalized spacial score (nSPS) is 37.6. The van der Waals surface area contributed by atoms with E-state index in [2.05, 4.69) is 0 Å². The highest BCUT2D eigenvalue weighted by Crippen LogP contribution is 2.70. The zero-order valence-corrected chi connectivity index (χ0v) is 17.7. The number of carbonyl (C=O) groups excluding carboxylic acids is 1. The SMILES string of the molecule is O=C(OCCO)C12C3=CC=C4CC=C5C(O)C=C6C=Cc7ccc(c1c7C6(O)C5(O)C42)C=C3. The second-order valence-electron chi connectivity index (χ2n) is 9.53. The van der Waals surface area contributed by atoms with Crippen molar-refractivity contribution in [2.75, 3.05) is 13.2 Å². The molecule has 166 valence electrons. The van der Waals surface area contributed by atoms with E-state index >= 15 is 0 Å². The number of rotatable bonds is 3. The number of hydrogen-bond donors (Lipinski definition) is 4. The van der Waals surface area contributed by atoms with Crippen molar-refractivity contribution in [1.82, 2.24) is 0 Å². The average Bonchev–Trinajstić information content (AvgIpc) is 2.81. The van der Waals surface area contributed by atoms with Gasteiger partial charge in [0, 0.05) is 11.5 Å². The van der Waals surface area contributed by atoms with Crippen molar-refractivity contribution < 1.29 is 30.0 Å². The van der Waals surface area contributed by atoms with E-state index in [1.54, 1.807) is 18.2 Å². The van der Waals surface area contributed by atoms with Crippen LogP contribution in [-0.2, 0) is 20.5 Å². The van der Waals surface area contributed by atoms with Gasteiger partial charge >= 0.3 is 5.97 Å². The first-order valence-corrected chi connectivity index (χ1v) is 11.2. The second kappa shape index (κ2) is 5.90. The first kappa shape index (κ1) is 19.4. The third kappa shape index (κ3) is 1.84. The minimum atomic E-state index is -1.96. The Morgan fingerprint density at radius 2 is 1.76 bits per heavy atom. The van der Waals surface area contributed by atoms with E-state index in [-0.39, 0.29) is 13.2 Å². The third-order valence-corrected chi connectivity index (χ3v) is 8.33. The summed E-state index contributed by atoms with van der Waals surface area (Å²) in [6.07, 6.45) is 13.8. The third-order valence-electron chi connectivity index (χ3n) is 8.33. The van der Waals surface area contributed by atoms with E-state index in [1.807, 2.05) is 42.5 Å². The lowest BCUT2D eigenvalue weighted by atomic mass is 9.40. The minimum Gasteiger partial charge on any atom is -0.462 e. The number of aliphatic hydroxyl groups excluding tert-OH is 2.